The second-order valence-corrected chi connectivity index (χ2v) is 4.21. The largest absolute Gasteiger partial charge is 0.507 e. The third-order valence-electron chi connectivity index (χ3n) is 3.03. The highest BCUT2D eigenvalue weighted by atomic mass is 19.1. The Kier molecular flexibility index (Phi) is 3.18. The van der Waals surface area contributed by atoms with Gasteiger partial charge >= 0.3 is 5.97 Å². The van der Waals surface area contributed by atoms with Crippen LogP contribution in [0.15, 0.2) is 18.2 Å². The molecule has 1 unspecified atom stereocenters. The second kappa shape index (κ2) is 4.64. The number of nitrogens with zero attached hydrogens (tertiary/aromatic N) is 1. The van der Waals surface area contributed by atoms with Crippen LogP contribution in [0.25, 0.3) is 0 Å². The Morgan fingerprint density at radius 3 is 2.67 bits per heavy atom. The molecule has 1 aromatic rings. The van der Waals surface area contributed by atoms with Gasteiger partial charge in [0, 0.05) is 13.1 Å². The van der Waals surface area contributed by atoms with Crippen LogP contribution in [-0.2, 0) is 4.79 Å². The molecular weight excluding hydrogens is 241 g/mol. The Morgan fingerprint density at radius 2 is 2.11 bits per heavy atom. The van der Waals surface area contributed by atoms with Crippen molar-refractivity contribution in [1.29, 1.82) is 0 Å². The monoisotopic (exact) mass is 253 g/mol. The van der Waals surface area contributed by atoms with Crippen molar-refractivity contribution in [2.24, 2.45) is 5.92 Å². The van der Waals surface area contributed by atoms with Crippen molar-refractivity contribution in [2.45, 2.75) is 6.42 Å². The number of carboxylic acid groups (broad SMARTS) is 1. The first-order chi connectivity index (χ1) is 8.50. The first-order valence-corrected chi connectivity index (χ1v) is 5.50. The lowest BCUT2D eigenvalue weighted by Gasteiger charge is -2.16. The molecule has 96 valence electrons. The summed E-state index contributed by atoms with van der Waals surface area (Å²) in [5.74, 6) is -3.50. The number of rotatable bonds is 2. The Hall–Kier alpha value is -2.11. The lowest BCUT2D eigenvalue weighted by molar-refractivity contribution is -0.141. The van der Waals surface area contributed by atoms with E-state index in [9.17, 15) is 19.1 Å². The molecule has 0 radical (unpaired) electrons. The Bertz CT molecular complexity index is 483. The number of carbonyl (C=O) groups is 2. The molecule has 1 atom stereocenters. The van der Waals surface area contributed by atoms with Gasteiger partial charge in [-0.3, -0.25) is 9.59 Å². The van der Waals surface area contributed by atoms with Gasteiger partial charge in [0.2, 0.25) is 0 Å². The van der Waals surface area contributed by atoms with E-state index in [1.807, 2.05) is 0 Å². The highest BCUT2D eigenvalue weighted by Gasteiger charge is 2.33. The lowest BCUT2D eigenvalue weighted by Crippen LogP contribution is -2.30. The number of aromatic hydroxyl groups is 1. The van der Waals surface area contributed by atoms with Crippen molar-refractivity contribution >= 4 is 11.9 Å². The molecule has 1 amide bonds. The van der Waals surface area contributed by atoms with Gasteiger partial charge < -0.3 is 15.1 Å². The van der Waals surface area contributed by atoms with Gasteiger partial charge in [0.1, 0.15) is 17.1 Å². The molecular formula is C12H12FNO4. The summed E-state index contributed by atoms with van der Waals surface area (Å²) < 4.78 is 13.5. The zero-order valence-electron chi connectivity index (χ0n) is 9.47. The number of likely N-dealkylation sites (tertiary alicyclic amines) is 1. The van der Waals surface area contributed by atoms with Crippen LogP contribution in [0.1, 0.15) is 16.8 Å². The van der Waals surface area contributed by atoms with Crippen LogP contribution < -0.4 is 0 Å². The van der Waals surface area contributed by atoms with Gasteiger partial charge in [-0.1, -0.05) is 6.07 Å². The molecule has 0 aromatic heterocycles. The minimum atomic E-state index is -0.969. The average molecular weight is 253 g/mol. The molecule has 5 nitrogen and oxygen atoms in total. The first-order valence-electron chi connectivity index (χ1n) is 5.50. The number of phenols is 1. The van der Waals surface area contributed by atoms with Crippen molar-refractivity contribution in [3.8, 4) is 5.75 Å². The third kappa shape index (κ3) is 2.13. The van der Waals surface area contributed by atoms with Crippen LogP contribution in [0.3, 0.4) is 0 Å². The van der Waals surface area contributed by atoms with E-state index in [1.54, 1.807) is 0 Å². The number of carbonyl (C=O) groups excluding carboxylic acids is 1. The molecule has 2 rings (SSSR count). The second-order valence-electron chi connectivity index (χ2n) is 4.21. The van der Waals surface area contributed by atoms with Crippen LogP contribution in [-0.4, -0.2) is 40.1 Å². The summed E-state index contributed by atoms with van der Waals surface area (Å²) in [5.41, 5.74) is -0.400. The SMILES string of the molecule is O=C(O)C1CCN(C(=O)c2c(O)cccc2F)C1. The maximum absolute atomic E-state index is 13.5. The van der Waals surface area contributed by atoms with Crippen molar-refractivity contribution < 1.29 is 24.2 Å². The number of benzene rings is 1. The van der Waals surface area contributed by atoms with E-state index < -0.39 is 34.9 Å². The minimum absolute atomic E-state index is 0.0436. The van der Waals surface area contributed by atoms with Gasteiger partial charge in [-0.15, -0.1) is 0 Å². The summed E-state index contributed by atoms with van der Waals surface area (Å²) >= 11 is 0. The van der Waals surface area contributed by atoms with Gasteiger partial charge in [-0.25, -0.2) is 4.39 Å². The maximum atomic E-state index is 13.5. The molecule has 0 bridgehead atoms. The highest BCUT2D eigenvalue weighted by molar-refractivity contribution is 5.97. The summed E-state index contributed by atoms with van der Waals surface area (Å²) in [5, 5.41) is 18.3. The molecule has 1 saturated heterocycles. The molecule has 0 spiro atoms. The maximum Gasteiger partial charge on any atom is 0.308 e. The molecule has 6 heteroatoms. The van der Waals surface area contributed by atoms with Crippen LogP contribution >= 0.6 is 0 Å². The summed E-state index contributed by atoms with van der Waals surface area (Å²) in [6, 6.07) is 3.60. The molecule has 1 heterocycles. The van der Waals surface area contributed by atoms with E-state index in [1.165, 1.54) is 17.0 Å². The summed E-state index contributed by atoms with van der Waals surface area (Å²) in [6.07, 6.45) is 0.344. The lowest BCUT2D eigenvalue weighted by atomic mass is 10.1. The Labute approximate surface area is 102 Å². The van der Waals surface area contributed by atoms with E-state index in [2.05, 4.69) is 0 Å². The molecule has 1 fully saturated rings. The Balaban J connectivity index is 2.21. The van der Waals surface area contributed by atoms with Gasteiger partial charge in [0.05, 0.1) is 5.92 Å². The highest BCUT2D eigenvalue weighted by Crippen LogP contribution is 2.25. The van der Waals surface area contributed by atoms with Crippen molar-refractivity contribution in [1.82, 2.24) is 4.90 Å². The van der Waals surface area contributed by atoms with E-state index in [0.717, 1.165) is 6.07 Å². The standard InChI is InChI=1S/C12H12FNO4/c13-8-2-1-3-9(15)10(8)11(16)14-5-4-7(6-14)12(17)18/h1-3,7,15H,4-6H2,(H,17,18). The average Bonchev–Trinajstić information content (AvgIpc) is 2.77. The zero-order valence-corrected chi connectivity index (χ0v) is 9.47. The van der Waals surface area contributed by atoms with Crippen molar-refractivity contribution in [3.05, 3.63) is 29.6 Å². The summed E-state index contributed by atoms with van der Waals surface area (Å²) in [7, 11) is 0. The van der Waals surface area contributed by atoms with Gasteiger partial charge in [-0.05, 0) is 18.6 Å². The number of halogens is 1. The predicted molar refractivity (Wildman–Crippen MR) is 59.7 cm³/mol. The number of amides is 1. The zero-order chi connectivity index (χ0) is 13.3. The van der Waals surface area contributed by atoms with Crippen LogP contribution in [0, 0.1) is 11.7 Å². The third-order valence-corrected chi connectivity index (χ3v) is 3.03. The molecule has 18 heavy (non-hydrogen) atoms. The fourth-order valence-corrected chi connectivity index (χ4v) is 2.03. The number of phenolic OH excluding ortho intramolecular Hbond substituents is 1. The topological polar surface area (TPSA) is 77.8 Å². The van der Waals surface area contributed by atoms with Crippen LogP contribution in [0.4, 0.5) is 4.39 Å². The van der Waals surface area contributed by atoms with E-state index >= 15 is 0 Å². The molecule has 0 aliphatic carbocycles. The van der Waals surface area contributed by atoms with Gasteiger partial charge in [0.15, 0.2) is 0 Å². The summed E-state index contributed by atoms with van der Waals surface area (Å²) in [4.78, 5) is 24.0. The number of hydrogen-bond acceptors (Lipinski definition) is 3. The Morgan fingerprint density at radius 1 is 1.39 bits per heavy atom. The normalized spacial score (nSPS) is 18.9. The number of aliphatic carboxylic acids is 1. The van der Waals surface area contributed by atoms with E-state index in [-0.39, 0.29) is 13.1 Å². The molecule has 2 N–H and O–H groups in total. The fourth-order valence-electron chi connectivity index (χ4n) is 2.03. The van der Waals surface area contributed by atoms with Crippen molar-refractivity contribution in [2.75, 3.05) is 13.1 Å². The van der Waals surface area contributed by atoms with Gasteiger partial charge in [-0.2, -0.15) is 0 Å². The van der Waals surface area contributed by atoms with Crippen LogP contribution in [0.5, 0.6) is 5.75 Å². The van der Waals surface area contributed by atoms with Crippen LogP contribution in [0.2, 0.25) is 0 Å². The fraction of sp³-hybridized carbons (Fsp3) is 0.333. The first kappa shape index (κ1) is 12.3. The van der Waals surface area contributed by atoms with Crippen molar-refractivity contribution in [3.63, 3.8) is 0 Å². The summed E-state index contributed by atoms with van der Waals surface area (Å²) in [6.45, 7) is 0.297. The molecule has 0 saturated carbocycles. The molecule has 1 aliphatic rings. The predicted octanol–water partition coefficient (Wildman–Crippen LogP) is 1.08. The number of hydrogen-bond donors (Lipinski definition) is 2. The molecule has 1 aliphatic heterocycles. The molecule has 1 aromatic carbocycles. The quantitative estimate of drug-likeness (QED) is 0.826. The van der Waals surface area contributed by atoms with E-state index in [0.29, 0.717) is 6.42 Å². The van der Waals surface area contributed by atoms with Gasteiger partial charge in [0.25, 0.3) is 5.91 Å². The smallest absolute Gasteiger partial charge is 0.308 e. The number of carboxylic acids is 1. The van der Waals surface area contributed by atoms with E-state index in [4.69, 9.17) is 5.11 Å². The minimum Gasteiger partial charge on any atom is -0.507 e.